The molecule has 158 valence electrons. The molecule has 3 aromatic rings. The number of nitrogens with zero attached hydrogens (tertiary/aromatic N) is 1. The van der Waals surface area contributed by atoms with Gasteiger partial charge in [-0.2, -0.15) is 0 Å². The summed E-state index contributed by atoms with van der Waals surface area (Å²) >= 11 is 0. The first-order chi connectivity index (χ1) is 15.7. The molecule has 1 spiro atoms. The first kappa shape index (κ1) is 18.5. The van der Waals surface area contributed by atoms with Gasteiger partial charge in [0.2, 0.25) is 0 Å². The largest absolute Gasteiger partial charge is 0.310 e. The molecule has 3 aromatic carbocycles. The number of aryl methyl sites for hydroxylation is 1. The standard InChI is InChI=1S/C31H29N/c1-21-12-14-25-26-15-13-24(20-28(26)31(27(25)18-21)16-6-7-17-31)32-29-10-4-2-8-22(29)19-23-9-3-5-11-30(23)32/h2,4-5,8,10-15,18,20H,3,6-7,9,16-17,19H2,1H3. The number of hydrogen-bond acceptors (Lipinski definition) is 1. The Balaban J connectivity index is 1.45. The van der Waals surface area contributed by atoms with Crippen molar-refractivity contribution in [1.29, 1.82) is 0 Å². The zero-order chi connectivity index (χ0) is 21.3. The van der Waals surface area contributed by atoms with Crippen molar-refractivity contribution in [2.75, 3.05) is 4.90 Å². The van der Waals surface area contributed by atoms with E-state index in [1.807, 2.05) is 0 Å². The van der Waals surface area contributed by atoms with Crippen molar-refractivity contribution in [3.05, 3.63) is 106 Å². The summed E-state index contributed by atoms with van der Waals surface area (Å²) in [6.45, 7) is 2.24. The summed E-state index contributed by atoms with van der Waals surface area (Å²) in [5, 5.41) is 0. The summed E-state index contributed by atoms with van der Waals surface area (Å²) < 4.78 is 0. The van der Waals surface area contributed by atoms with Crippen molar-refractivity contribution in [2.45, 2.75) is 57.3 Å². The molecule has 32 heavy (non-hydrogen) atoms. The highest BCUT2D eigenvalue weighted by Crippen LogP contribution is 2.58. The zero-order valence-electron chi connectivity index (χ0n) is 18.8. The Bertz CT molecular complexity index is 1320. The van der Waals surface area contributed by atoms with E-state index < -0.39 is 0 Å². The van der Waals surface area contributed by atoms with Gasteiger partial charge in [-0.1, -0.05) is 66.9 Å². The Hall–Kier alpha value is -3.06. The average Bonchev–Trinajstić information content (AvgIpc) is 3.42. The number of hydrogen-bond donors (Lipinski definition) is 0. The van der Waals surface area contributed by atoms with Crippen LogP contribution in [0.3, 0.4) is 0 Å². The summed E-state index contributed by atoms with van der Waals surface area (Å²) in [6, 6.07) is 23.5. The third-order valence-corrected chi connectivity index (χ3v) is 8.34. The summed E-state index contributed by atoms with van der Waals surface area (Å²) in [6.07, 6.45) is 13.4. The van der Waals surface area contributed by atoms with E-state index in [2.05, 4.69) is 84.6 Å². The smallest absolute Gasteiger partial charge is 0.0496 e. The van der Waals surface area contributed by atoms with Crippen LogP contribution in [0.2, 0.25) is 0 Å². The first-order valence-electron chi connectivity index (χ1n) is 12.3. The molecule has 4 aliphatic rings. The first-order valence-corrected chi connectivity index (χ1v) is 12.3. The Morgan fingerprint density at radius 2 is 1.62 bits per heavy atom. The molecule has 1 aliphatic heterocycles. The fourth-order valence-electron chi connectivity index (χ4n) is 6.88. The minimum atomic E-state index is 0.210. The molecule has 0 amide bonds. The molecule has 1 saturated carbocycles. The molecule has 0 atom stereocenters. The molecular formula is C31H29N. The molecule has 0 bridgehead atoms. The minimum absolute atomic E-state index is 0.210. The van der Waals surface area contributed by atoms with E-state index in [1.54, 1.807) is 16.7 Å². The average molecular weight is 416 g/mol. The van der Waals surface area contributed by atoms with Crippen LogP contribution < -0.4 is 4.90 Å². The van der Waals surface area contributed by atoms with Gasteiger partial charge in [-0.05, 0) is 96.7 Å². The van der Waals surface area contributed by atoms with E-state index in [1.165, 1.54) is 71.4 Å². The lowest BCUT2D eigenvalue weighted by Crippen LogP contribution is -2.25. The molecule has 0 radical (unpaired) electrons. The summed E-state index contributed by atoms with van der Waals surface area (Å²) in [5.41, 5.74) is 14.8. The van der Waals surface area contributed by atoms with Crippen LogP contribution >= 0.6 is 0 Å². The van der Waals surface area contributed by atoms with Crippen molar-refractivity contribution in [2.24, 2.45) is 0 Å². The van der Waals surface area contributed by atoms with Crippen LogP contribution in [0.25, 0.3) is 11.1 Å². The SMILES string of the molecule is Cc1ccc2c(c1)C1(CCCC1)c1cc(N3C4=C(CCC=C4)Cc4ccccc43)ccc1-2. The van der Waals surface area contributed by atoms with Gasteiger partial charge in [-0.15, -0.1) is 0 Å². The molecule has 0 saturated heterocycles. The van der Waals surface area contributed by atoms with Crippen molar-refractivity contribution < 1.29 is 0 Å². The third-order valence-electron chi connectivity index (χ3n) is 8.34. The molecule has 1 heterocycles. The third kappa shape index (κ3) is 2.45. The van der Waals surface area contributed by atoms with Gasteiger partial charge in [0.25, 0.3) is 0 Å². The van der Waals surface area contributed by atoms with Crippen molar-refractivity contribution in [3.63, 3.8) is 0 Å². The maximum Gasteiger partial charge on any atom is 0.0496 e. The summed E-state index contributed by atoms with van der Waals surface area (Å²) in [7, 11) is 0. The van der Waals surface area contributed by atoms with E-state index in [0.29, 0.717) is 0 Å². The highest BCUT2D eigenvalue weighted by atomic mass is 15.2. The van der Waals surface area contributed by atoms with Crippen LogP contribution in [0.15, 0.2) is 84.1 Å². The summed E-state index contributed by atoms with van der Waals surface area (Å²) in [4.78, 5) is 2.54. The molecule has 1 nitrogen and oxygen atoms in total. The lowest BCUT2D eigenvalue weighted by atomic mass is 9.76. The van der Waals surface area contributed by atoms with E-state index in [4.69, 9.17) is 0 Å². The highest BCUT2D eigenvalue weighted by Gasteiger charge is 2.45. The van der Waals surface area contributed by atoms with Crippen molar-refractivity contribution in [1.82, 2.24) is 0 Å². The molecular weight excluding hydrogens is 386 g/mol. The number of benzene rings is 3. The van der Waals surface area contributed by atoms with Crippen LogP contribution in [-0.4, -0.2) is 0 Å². The molecule has 1 heteroatoms. The van der Waals surface area contributed by atoms with E-state index in [9.17, 15) is 0 Å². The fourth-order valence-corrected chi connectivity index (χ4v) is 6.88. The summed E-state index contributed by atoms with van der Waals surface area (Å²) in [5.74, 6) is 0. The van der Waals surface area contributed by atoms with Crippen LogP contribution in [0.5, 0.6) is 0 Å². The van der Waals surface area contributed by atoms with Gasteiger partial charge in [0, 0.05) is 22.5 Å². The molecule has 1 fully saturated rings. The predicted octanol–water partition coefficient (Wildman–Crippen LogP) is 8.13. The van der Waals surface area contributed by atoms with E-state index in [0.717, 1.165) is 12.8 Å². The highest BCUT2D eigenvalue weighted by molar-refractivity contribution is 5.86. The predicted molar refractivity (Wildman–Crippen MR) is 134 cm³/mol. The second-order valence-electron chi connectivity index (χ2n) is 10.1. The molecule has 0 unspecified atom stereocenters. The number of fused-ring (bicyclic) bond motifs is 6. The number of para-hydroxylation sites is 1. The number of allylic oxidation sites excluding steroid dienone is 3. The fraction of sp³-hybridized carbons (Fsp3) is 0.290. The van der Waals surface area contributed by atoms with Crippen molar-refractivity contribution in [3.8, 4) is 11.1 Å². The second-order valence-corrected chi connectivity index (χ2v) is 10.1. The Kier molecular flexibility index (Phi) is 3.89. The normalized spacial score (nSPS) is 19.7. The molecule has 0 N–H and O–H groups in total. The van der Waals surface area contributed by atoms with Crippen LogP contribution in [0, 0.1) is 6.92 Å². The van der Waals surface area contributed by atoms with Gasteiger partial charge in [0.1, 0.15) is 0 Å². The maximum absolute atomic E-state index is 2.55. The van der Waals surface area contributed by atoms with Crippen LogP contribution in [0.1, 0.15) is 60.8 Å². The Morgan fingerprint density at radius 3 is 2.50 bits per heavy atom. The monoisotopic (exact) mass is 415 g/mol. The maximum atomic E-state index is 2.55. The zero-order valence-corrected chi connectivity index (χ0v) is 18.8. The second kappa shape index (κ2) is 6.72. The van der Waals surface area contributed by atoms with E-state index in [-0.39, 0.29) is 5.41 Å². The van der Waals surface area contributed by atoms with Gasteiger partial charge in [0.05, 0.1) is 0 Å². The quantitative estimate of drug-likeness (QED) is 0.388. The van der Waals surface area contributed by atoms with Gasteiger partial charge in [-0.25, -0.2) is 0 Å². The van der Waals surface area contributed by atoms with E-state index >= 15 is 0 Å². The minimum Gasteiger partial charge on any atom is -0.310 e. The van der Waals surface area contributed by atoms with Gasteiger partial charge in [-0.3, -0.25) is 0 Å². The number of anilines is 2. The van der Waals surface area contributed by atoms with Gasteiger partial charge in [0.15, 0.2) is 0 Å². The van der Waals surface area contributed by atoms with Crippen molar-refractivity contribution >= 4 is 11.4 Å². The lowest BCUT2D eigenvalue weighted by Gasteiger charge is -2.36. The number of rotatable bonds is 1. The van der Waals surface area contributed by atoms with Gasteiger partial charge < -0.3 is 4.90 Å². The van der Waals surface area contributed by atoms with Crippen LogP contribution in [0.4, 0.5) is 11.4 Å². The molecule has 7 rings (SSSR count). The van der Waals surface area contributed by atoms with Gasteiger partial charge >= 0.3 is 0 Å². The molecule has 0 aromatic heterocycles. The lowest BCUT2D eigenvalue weighted by molar-refractivity contribution is 0.549. The molecule has 3 aliphatic carbocycles. The topological polar surface area (TPSA) is 3.24 Å². The Labute approximate surface area is 191 Å². The Morgan fingerprint density at radius 1 is 0.844 bits per heavy atom. The van der Waals surface area contributed by atoms with Crippen LogP contribution in [-0.2, 0) is 11.8 Å².